The van der Waals surface area contributed by atoms with Gasteiger partial charge in [0.2, 0.25) is 0 Å². The minimum atomic E-state index is -0.589. The standard InChI is InChI=1S/C22H22FN3O2S/c1-4-12-26-14(2)19(21(27)24-17-10-5-6-11-18(17)28-3)20(25-22(26)29)15-8-7-9-16(23)13-15/h4-11,13,20H,1,12H2,2-3H3,(H,24,27)(H,25,29)/t20-/m1/s1. The second-order valence-electron chi connectivity index (χ2n) is 6.49. The number of nitrogens with zero attached hydrogens (tertiary/aromatic N) is 1. The third-order valence-corrected chi connectivity index (χ3v) is 5.03. The predicted molar refractivity (Wildman–Crippen MR) is 116 cm³/mol. The highest BCUT2D eigenvalue weighted by Crippen LogP contribution is 2.33. The fourth-order valence-corrected chi connectivity index (χ4v) is 3.63. The van der Waals surface area contributed by atoms with Crippen LogP contribution in [0, 0.1) is 5.82 Å². The molecule has 1 aliphatic rings. The molecule has 2 aromatic rings. The molecule has 0 fully saturated rings. The van der Waals surface area contributed by atoms with Gasteiger partial charge in [-0.2, -0.15) is 0 Å². The summed E-state index contributed by atoms with van der Waals surface area (Å²) in [6.07, 6.45) is 1.70. The molecule has 1 aliphatic heterocycles. The van der Waals surface area contributed by atoms with E-state index in [0.29, 0.717) is 39.9 Å². The molecule has 0 saturated carbocycles. The van der Waals surface area contributed by atoms with Gasteiger partial charge in [0.25, 0.3) is 5.91 Å². The number of ether oxygens (including phenoxy) is 1. The summed E-state index contributed by atoms with van der Waals surface area (Å²) in [5.74, 6) is -0.167. The van der Waals surface area contributed by atoms with Crippen molar-refractivity contribution < 1.29 is 13.9 Å². The number of amides is 1. The van der Waals surface area contributed by atoms with E-state index in [1.807, 2.05) is 19.1 Å². The Morgan fingerprint density at radius 3 is 2.79 bits per heavy atom. The minimum absolute atomic E-state index is 0.328. The van der Waals surface area contributed by atoms with Gasteiger partial charge in [0.1, 0.15) is 11.6 Å². The molecule has 7 heteroatoms. The average Bonchev–Trinajstić information content (AvgIpc) is 2.71. The van der Waals surface area contributed by atoms with E-state index >= 15 is 0 Å². The van der Waals surface area contributed by atoms with Gasteiger partial charge in [-0.1, -0.05) is 30.3 Å². The average molecular weight is 412 g/mol. The zero-order valence-corrected chi connectivity index (χ0v) is 17.1. The van der Waals surface area contributed by atoms with Crippen LogP contribution >= 0.6 is 12.2 Å². The van der Waals surface area contributed by atoms with Gasteiger partial charge in [-0.05, 0) is 49.0 Å². The Morgan fingerprint density at radius 1 is 1.34 bits per heavy atom. The molecule has 0 saturated heterocycles. The number of hydrogen-bond acceptors (Lipinski definition) is 3. The molecule has 2 aromatic carbocycles. The topological polar surface area (TPSA) is 53.6 Å². The van der Waals surface area contributed by atoms with Gasteiger partial charge in [-0.3, -0.25) is 4.79 Å². The van der Waals surface area contributed by atoms with Crippen molar-refractivity contribution in [2.75, 3.05) is 19.0 Å². The number of para-hydroxylation sites is 2. The summed E-state index contributed by atoms with van der Waals surface area (Å²) < 4.78 is 19.2. The molecule has 3 rings (SSSR count). The Labute approximate surface area is 174 Å². The van der Waals surface area contributed by atoms with Gasteiger partial charge in [0.05, 0.1) is 24.4 Å². The highest BCUT2D eigenvalue weighted by atomic mass is 32.1. The molecule has 0 aromatic heterocycles. The summed E-state index contributed by atoms with van der Waals surface area (Å²) in [5.41, 5.74) is 2.27. The van der Waals surface area contributed by atoms with E-state index < -0.39 is 6.04 Å². The summed E-state index contributed by atoms with van der Waals surface area (Å²) in [4.78, 5) is 15.1. The summed E-state index contributed by atoms with van der Waals surface area (Å²) in [5, 5.41) is 6.52. The number of rotatable bonds is 6. The molecule has 0 aliphatic carbocycles. The number of benzene rings is 2. The van der Waals surface area contributed by atoms with Crippen LogP contribution in [-0.4, -0.2) is 29.6 Å². The van der Waals surface area contributed by atoms with Crippen LogP contribution in [0.15, 0.2) is 72.5 Å². The van der Waals surface area contributed by atoms with Gasteiger partial charge in [0, 0.05) is 12.2 Å². The molecule has 0 unspecified atom stereocenters. The Balaban J connectivity index is 2.06. The van der Waals surface area contributed by atoms with Crippen molar-refractivity contribution in [3.8, 4) is 5.75 Å². The van der Waals surface area contributed by atoms with Gasteiger partial charge in [-0.15, -0.1) is 6.58 Å². The van der Waals surface area contributed by atoms with Crippen molar-refractivity contribution in [2.45, 2.75) is 13.0 Å². The summed E-state index contributed by atoms with van der Waals surface area (Å²) >= 11 is 5.48. The molecule has 0 bridgehead atoms. The maximum atomic E-state index is 13.9. The lowest BCUT2D eigenvalue weighted by molar-refractivity contribution is -0.113. The van der Waals surface area contributed by atoms with E-state index in [1.165, 1.54) is 19.2 Å². The van der Waals surface area contributed by atoms with Gasteiger partial charge >= 0.3 is 0 Å². The predicted octanol–water partition coefficient (Wildman–Crippen LogP) is 4.16. The lowest BCUT2D eigenvalue weighted by Gasteiger charge is -2.37. The summed E-state index contributed by atoms with van der Waals surface area (Å²) in [6, 6.07) is 12.7. The van der Waals surface area contributed by atoms with E-state index in [9.17, 15) is 9.18 Å². The van der Waals surface area contributed by atoms with E-state index in [1.54, 1.807) is 35.2 Å². The molecule has 1 heterocycles. The van der Waals surface area contributed by atoms with Crippen molar-refractivity contribution >= 4 is 28.9 Å². The molecule has 2 N–H and O–H groups in total. The minimum Gasteiger partial charge on any atom is -0.495 e. The van der Waals surface area contributed by atoms with Crippen LogP contribution in [0.5, 0.6) is 5.75 Å². The lowest BCUT2D eigenvalue weighted by Crippen LogP contribution is -2.48. The first-order valence-electron chi connectivity index (χ1n) is 9.05. The molecule has 29 heavy (non-hydrogen) atoms. The van der Waals surface area contributed by atoms with Crippen molar-refractivity contribution in [1.29, 1.82) is 0 Å². The highest BCUT2D eigenvalue weighted by Gasteiger charge is 2.34. The normalized spacial score (nSPS) is 16.3. The van der Waals surface area contributed by atoms with Crippen LogP contribution in [-0.2, 0) is 4.79 Å². The highest BCUT2D eigenvalue weighted by molar-refractivity contribution is 7.80. The number of nitrogens with one attached hydrogen (secondary N) is 2. The number of carbonyl (C=O) groups is 1. The van der Waals surface area contributed by atoms with Crippen molar-refractivity contribution in [2.24, 2.45) is 0 Å². The first kappa shape index (κ1) is 20.5. The maximum absolute atomic E-state index is 13.9. The van der Waals surface area contributed by atoms with Gasteiger partial charge in [0.15, 0.2) is 5.11 Å². The van der Waals surface area contributed by atoms with Crippen LogP contribution in [0.1, 0.15) is 18.5 Å². The third kappa shape index (κ3) is 4.30. The number of halogens is 1. The fraction of sp³-hybridized carbons (Fsp3) is 0.182. The molecular weight excluding hydrogens is 389 g/mol. The first-order chi connectivity index (χ1) is 14.0. The Bertz CT molecular complexity index is 990. The second-order valence-corrected chi connectivity index (χ2v) is 6.88. The smallest absolute Gasteiger partial charge is 0.255 e. The summed E-state index contributed by atoms with van der Waals surface area (Å²) in [6.45, 7) is 6.02. The monoisotopic (exact) mass is 411 g/mol. The van der Waals surface area contributed by atoms with Crippen LogP contribution in [0.4, 0.5) is 10.1 Å². The number of carbonyl (C=O) groups excluding carboxylic acids is 1. The molecule has 0 spiro atoms. The number of thiocarbonyl (C=S) groups is 1. The Hall–Kier alpha value is -3.19. The van der Waals surface area contributed by atoms with Crippen LogP contribution in [0.25, 0.3) is 0 Å². The van der Waals surface area contributed by atoms with Crippen LogP contribution < -0.4 is 15.4 Å². The Morgan fingerprint density at radius 2 is 2.10 bits per heavy atom. The number of allylic oxidation sites excluding steroid dienone is 1. The molecule has 5 nitrogen and oxygen atoms in total. The lowest BCUT2D eigenvalue weighted by atomic mass is 9.94. The van der Waals surface area contributed by atoms with E-state index in [2.05, 4.69) is 17.2 Å². The molecular formula is C22H22FN3O2S. The van der Waals surface area contributed by atoms with E-state index in [-0.39, 0.29) is 11.7 Å². The van der Waals surface area contributed by atoms with Crippen molar-refractivity contribution in [3.63, 3.8) is 0 Å². The van der Waals surface area contributed by atoms with Crippen molar-refractivity contribution in [3.05, 3.63) is 83.8 Å². The van der Waals surface area contributed by atoms with E-state index in [0.717, 1.165) is 0 Å². The van der Waals surface area contributed by atoms with Gasteiger partial charge < -0.3 is 20.3 Å². The number of anilines is 1. The Kier molecular flexibility index (Phi) is 6.29. The van der Waals surface area contributed by atoms with Crippen LogP contribution in [0.3, 0.4) is 0 Å². The van der Waals surface area contributed by atoms with Crippen molar-refractivity contribution in [1.82, 2.24) is 10.2 Å². The number of methoxy groups -OCH3 is 1. The van der Waals surface area contributed by atoms with E-state index in [4.69, 9.17) is 17.0 Å². The zero-order chi connectivity index (χ0) is 21.0. The van der Waals surface area contributed by atoms with Crippen LogP contribution in [0.2, 0.25) is 0 Å². The molecule has 150 valence electrons. The molecule has 1 atom stereocenters. The zero-order valence-electron chi connectivity index (χ0n) is 16.2. The number of hydrogen-bond donors (Lipinski definition) is 2. The SMILES string of the molecule is C=CCN1C(=S)N[C@H](c2cccc(F)c2)C(C(=O)Nc2ccccc2OC)=C1C. The maximum Gasteiger partial charge on any atom is 0.255 e. The third-order valence-electron chi connectivity index (χ3n) is 4.69. The van der Waals surface area contributed by atoms with Gasteiger partial charge in [-0.25, -0.2) is 4.39 Å². The second kappa shape index (κ2) is 8.87. The summed E-state index contributed by atoms with van der Waals surface area (Å²) in [7, 11) is 1.54. The fourth-order valence-electron chi connectivity index (χ4n) is 3.30. The molecule has 0 radical (unpaired) electrons. The largest absolute Gasteiger partial charge is 0.495 e. The molecule has 1 amide bonds. The quantitative estimate of drug-likeness (QED) is 0.552. The first-order valence-corrected chi connectivity index (χ1v) is 9.46.